The van der Waals surface area contributed by atoms with Gasteiger partial charge in [0.2, 0.25) is 0 Å². The van der Waals surface area contributed by atoms with Crippen LogP contribution in [0.2, 0.25) is 0 Å². The summed E-state index contributed by atoms with van der Waals surface area (Å²) in [5, 5.41) is 23.1. The summed E-state index contributed by atoms with van der Waals surface area (Å²) in [6.45, 7) is 1.56. The first-order valence-corrected chi connectivity index (χ1v) is 9.02. The molecule has 11 heteroatoms. The largest absolute Gasteiger partial charge is 0.482 e. The van der Waals surface area contributed by atoms with E-state index in [9.17, 15) is 19.6 Å². The zero-order valence-corrected chi connectivity index (χ0v) is 16.9. The first-order valence-electron chi connectivity index (χ1n) is 9.02. The van der Waals surface area contributed by atoms with Crippen LogP contribution in [-0.2, 0) is 7.05 Å². The van der Waals surface area contributed by atoms with Crippen LogP contribution in [0.25, 0.3) is 11.1 Å². The third-order valence-corrected chi connectivity index (χ3v) is 4.48. The number of nitriles is 1. The number of carboxylic acid groups (broad SMARTS) is 1. The Labute approximate surface area is 176 Å². The van der Waals surface area contributed by atoms with Gasteiger partial charge < -0.3 is 20.4 Å². The summed E-state index contributed by atoms with van der Waals surface area (Å²) in [7, 11) is 3.13. The second kappa shape index (κ2) is 8.68. The Morgan fingerprint density at radius 1 is 1.42 bits per heavy atom. The number of anilines is 1. The minimum absolute atomic E-state index is 0.0300. The van der Waals surface area contributed by atoms with Gasteiger partial charge in [-0.1, -0.05) is 0 Å². The lowest BCUT2D eigenvalue weighted by Gasteiger charge is -2.18. The minimum Gasteiger partial charge on any atom is -0.482 e. The molecule has 1 aromatic carbocycles. The van der Waals surface area contributed by atoms with Gasteiger partial charge in [0.15, 0.2) is 11.6 Å². The molecule has 0 amide bonds. The number of pyridine rings is 1. The quantitative estimate of drug-likeness (QED) is 0.484. The maximum absolute atomic E-state index is 13.7. The molecule has 2 aromatic heterocycles. The maximum Gasteiger partial charge on any atom is 0.336 e. The number of hydroxylamine groups is 1. The van der Waals surface area contributed by atoms with Gasteiger partial charge in [0.1, 0.15) is 23.7 Å². The van der Waals surface area contributed by atoms with Gasteiger partial charge in [-0.2, -0.15) is 10.7 Å². The molecule has 31 heavy (non-hydrogen) atoms. The Bertz CT molecular complexity index is 1190. The minimum atomic E-state index is -1.21. The van der Waals surface area contributed by atoms with Crippen molar-refractivity contribution in [2.24, 2.45) is 7.05 Å². The molecule has 0 spiro atoms. The van der Waals surface area contributed by atoms with Crippen molar-refractivity contribution in [1.82, 2.24) is 20.2 Å². The molecule has 4 N–H and O–H groups in total. The summed E-state index contributed by atoms with van der Waals surface area (Å²) in [5.41, 5.74) is 9.50. The van der Waals surface area contributed by atoms with Gasteiger partial charge in [-0.15, -0.1) is 5.10 Å². The third kappa shape index (κ3) is 4.24. The monoisotopic (exact) mass is 426 g/mol. The van der Waals surface area contributed by atoms with Crippen molar-refractivity contribution in [2.45, 2.75) is 13.0 Å². The molecule has 1 atom stereocenters. The van der Waals surface area contributed by atoms with Crippen LogP contribution in [0.1, 0.15) is 34.6 Å². The molecule has 3 aromatic rings. The van der Waals surface area contributed by atoms with Crippen LogP contribution >= 0.6 is 0 Å². The van der Waals surface area contributed by atoms with E-state index in [1.807, 2.05) is 0 Å². The van der Waals surface area contributed by atoms with Crippen molar-refractivity contribution in [3.63, 3.8) is 0 Å². The van der Waals surface area contributed by atoms with Crippen molar-refractivity contribution in [3.05, 3.63) is 53.1 Å². The van der Waals surface area contributed by atoms with Gasteiger partial charge in [0.25, 0.3) is 5.88 Å². The van der Waals surface area contributed by atoms with E-state index in [-0.39, 0.29) is 34.3 Å². The first kappa shape index (κ1) is 21.5. The van der Waals surface area contributed by atoms with E-state index in [1.165, 1.54) is 23.0 Å². The Hall–Kier alpha value is -4.17. The van der Waals surface area contributed by atoms with Crippen LogP contribution in [0, 0.1) is 17.1 Å². The lowest BCUT2D eigenvalue weighted by molar-refractivity contribution is 0.0691. The van der Waals surface area contributed by atoms with E-state index in [0.29, 0.717) is 11.1 Å². The lowest BCUT2D eigenvalue weighted by atomic mass is 10.0. The number of aromatic carboxylic acids is 1. The fraction of sp³-hybridized carbons (Fsp3) is 0.200. The van der Waals surface area contributed by atoms with Crippen LogP contribution in [0.3, 0.4) is 0 Å². The van der Waals surface area contributed by atoms with E-state index >= 15 is 0 Å². The summed E-state index contributed by atoms with van der Waals surface area (Å²) < 4.78 is 20.9. The van der Waals surface area contributed by atoms with Gasteiger partial charge in [0, 0.05) is 31.4 Å². The van der Waals surface area contributed by atoms with E-state index in [2.05, 4.69) is 21.6 Å². The number of hydrogen-bond donors (Lipinski definition) is 3. The molecule has 160 valence electrons. The average Bonchev–Trinajstić information content (AvgIpc) is 3.04. The Morgan fingerprint density at radius 2 is 2.16 bits per heavy atom. The molecule has 3 rings (SSSR count). The molecule has 0 aliphatic rings. The van der Waals surface area contributed by atoms with Gasteiger partial charge in [0.05, 0.1) is 11.1 Å². The highest BCUT2D eigenvalue weighted by Gasteiger charge is 2.23. The molecule has 0 fully saturated rings. The number of nitrogens with two attached hydrogens (primary N) is 1. The molecule has 1 unspecified atom stereocenters. The van der Waals surface area contributed by atoms with Crippen LogP contribution in [0.5, 0.6) is 11.6 Å². The summed E-state index contributed by atoms with van der Waals surface area (Å²) in [4.78, 5) is 20.9. The number of nitrogens with zero attached hydrogens (tertiary/aromatic N) is 4. The molecule has 2 heterocycles. The molecule has 0 bridgehead atoms. The normalized spacial score (nSPS) is 11.6. The maximum atomic E-state index is 13.7. The Kier molecular flexibility index (Phi) is 6.03. The number of nitrogens with one attached hydrogen (secondary N) is 1. The van der Waals surface area contributed by atoms with E-state index in [1.54, 1.807) is 21.0 Å². The number of aryl methyl sites for hydroxylation is 1. The standard InChI is InChI=1S/C20H19FN6O4/c1-10(14-7-12(21)4-5-13(14)20(28)29)30-16-6-11(9-25-18(16)23)17-15(8-22)27(3)26-19(17)31-24-2/h4-7,9-10,24H,1-3H3,(H2,23,25)(H,28,29). The number of halogens is 1. The molecular weight excluding hydrogens is 407 g/mol. The van der Waals surface area contributed by atoms with Crippen molar-refractivity contribution in [1.29, 1.82) is 5.26 Å². The number of ether oxygens (including phenoxy) is 1. The van der Waals surface area contributed by atoms with Crippen LogP contribution in [-0.4, -0.2) is 32.9 Å². The van der Waals surface area contributed by atoms with Gasteiger partial charge >= 0.3 is 5.97 Å². The van der Waals surface area contributed by atoms with Crippen molar-refractivity contribution in [3.8, 4) is 28.8 Å². The fourth-order valence-electron chi connectivity index (χ4n) is 3.06. The highest BCUT2D eigenvalue weighted by Crippen LogP contribution is 2.36. The van der Waals surface area contributed by atoms with E-state index < -0.39 is 17.9 Å². The van der Waals surface area contributed by atoms with Gasteiger partial charge in [-0.3, -0.25) is 4.68 Å². The predicted molar refractivity (Wildman–Crippen MR) is 108 cm³/mol. The summed E-state index contributed by atoms with van der Waals surface area (Å²) in [6.07, 6.45) is 0.566. The lowest BCUT2D eigenvalue weighted by Crippen LogP contribution is -2.12. The molecular formula is C20H19FN6O4. The fourth-order valence-corrected chi connectivity index (χ4v) is 3.06. The van der Waals surface area contributed by atoms with Crippen molar-refractivity contribution < 1.29 is 23.9 Å². The molecule has 10 nitrogen and oxygen atoms in total. The molecule has 0 radical (unpaired) electrons. The highest BCUT2D eigenvalue weighted by atomic mass is 19.1. The Morgan fingerprint density at radius 3 is 2.81 bits per heavy atom. The van der Waals surface area contributed by atoms with E-state index in [0.717, 1.165) is 12.1 Å². The SMILES string of the molecule is CNOc1nn(C)c(C#N)c1-c1cnc(N)c(OC(C)c2cc(F)ccc2C(=O)O)c1. The zero-order valence-electron chi connectivity index (χ0n) is 16.9. The number of aromatic nitrogens is 3. The summed E-state index contributed by atoms with van der Waals surface area (Å²) in [5.74, 6) is -1.52. The summed E-state index contributed by atoms with van der Waals surface area (Å²) in [6, 6.07) is 6.90. The smallest absolute Gasteiger partial charge is 0.336 e. The molecule has 0 aliphatic heterocycles. The number of benzene rings is 1. The van der Waals surface area contributed by atoms with Crippen molar-refractivity contribution in [2.75, 3.05) is 12.8 Å². The number of carboxylic acids is 1. The Balaban J connectivity index is 2.04. The second-order valence-corrected chi connectivity index (χ2v) is 6.47. The van der Waals surface area contributed by atoms with Gasteiger partial charge in [-0.25, -0.2) is 14.2 Å². The highest BCUT2D eigenvalue weighted by molar-refractivity contribution is 5.89. The van der Waals surface area contributed by atoms with Crippen LogP contribution in [0.4, 0.5) is 10.2 Å². The number of hydrogen-bond acceptors (Lipinski definition) is 8. The van der Waals surface area contributed by atoms with E-state index in [4.69, 9.17) is 15.3 Å². The van der Waals surface area contributed by atoms with Crippen molar-refractivity contribution >= 4 is 11.8 Å². The molecule has 0 aliphatic carbocycles. The number of rotatable bonds is 7. The number of nitrogen functional groups attached to an aromatic ring is 1. The van der Waals surface area contributed by atoms with Crippen LogP contribution < -0.4 is 20.8 Å². The summed E-state index contributed by atoms with van der Waals surface area (Å²) >= 11 is 0. The third-order valence-electron chi connectivity index (χ3n) is 4.48. The molecule has 0 saturated heterocycles. The number of carbonyl (C=O) groups is 1. The topological polar surface area (TPSA) is 148 Å². The first-order chi connectivity index (χ1) is 14.8. The van der Waals surface area contributed by atoms with Gasteiger partial charge in [-0.05, 0) is 31.2 Å². The van der Waals surface area contributed by atoms with Crippen LogP contribution in [0.15, 0.2) is 30.5 Å². The predicted octanol–water partition coefficient (Wildman–Crippen LogP) is 2.43. The zero-order chi connectivity index (χ0) is 22.7. The average molecular weight is 426 g/mol. The molecule has 0 saturated carbocycles. The second-order valence-electron chi connectivity index (χ2n) is 6.47.